The van der Waals surface area contributed by atoms with E-state index in [0.29, 0.717) is 17.9 Å². The third-order valence-corrected chi connectivity index (χ3v) is 5.79. The van der Waals surface area contributed by atoms with Gasteiger partial charge < -0.3 is 9.64 Å². The van der Waals surface area contributed by atoms with Crippen molar-refractivity contribution in [3.8, 4) is 5.75 Å². The van der Waals surface area contributed by atoms with Crippen molar-refractivity contribution in [3.63, 3.8) is 0 Å². The number of fused-ring (bicyclic) bond motifs is 1. The molecule has 0 bridgehead atoms. The molecule has 0 N–H and O–H groups in total. The average molecular weight is 468 g/mol. The molecule has 1 aliphatic rings. The van der Waals surface area contributed by atoms with Gasteiger partial charge in [0.2, 0.25) is 0 Å². The van der Waals surface area contributed by atoms with Gasteiger partial charge in [-0.1, -0.05) is 28.1 Å². The van der Waals surface area contributed by atoms with Crippen molar-refractivity contribution in [2.24, 2.45) is 14.1 Å². The van der Waals surface area contributed by atoms with Gasteiger partial charge in [-0.05, 0) is 55.0 Å². The van der Waals surface area contributed by atoms with E-state index in [4.69, 9.17) is 4.74 Å². The van der Waals surface area contributed by atoms with Crippen LogP contribution in [0.3, 0.4) is 0 Å². The van der Waals surface area contributed by atoms with Crippen LogP contribution in [0, 0.1) is 0 Å². The number of hydrogen-bond acceptors (Lipinski definition) is 4. The zero-order valence-corrected chi connectivity index (χ0v) is 18.6. The molecule has 6 nitrogen and oxygen atoms in total. The summed E-state index contributed by atoms with van der Waals surface area (Å²) >= 11 is 3.54. The Labute approximate surface area is 182 Å². The predicted octanol–water partition coefficient (Wildman–Crippen LogP) is 3.83. The first-order valence-electron chi connectivity index (χ1n) is 9.67. The number of hydrogen-bond donors (Lipinski definition) is 0. The van der Waals surface area contributed by atoms with E-state index >= 15 is 0 Å². The lowest BCUT2D eigenvalue weighted by molar-refractivity contribution is 0.340. The molecule has 3 aromatic rings. The first-order chi connectivity index (χ1) is 14.4. The minimum atomic E-state index is -0.383. The molecule has 1 aromatic heterocycles. The van der Waals surface area contributed by atoms with Crippen LogP contribution in [0.4, 0.5) is 5.69 Å². The third-order valence-electron chi connectivity index (χ3n) is 5.30. The normalized spacial score (nSPS) is 15.2. The van der Waals surface area contributed by atoms with Gasteiger partial charge in [-0.25, -0.2) is 4.79 Å². The summed E-state index contributed by atoms with van der Waals surface area (Å²) in [5, 5.41) is 0. The fourth-order valence-electron chi connectivity index (χ4n) is 3.84. The monoisotopic (exact) mass is 467 g/mol. The average Bonchev–Trinajstić information content (AvgIpc) is 2.76. The lowest BCUT2D eigenvalue weighted by atomic mass is 9.93. The first kappa shape index (κ1) is 20.2. The Morgan fingerprint density at radius 1 is 1.03 bits per heavy atom. The molecule has 30 heavy (non-hydrogen) atoms. The highest BCUT2D eigenvalue weighted by atomic mass is 79.9. The molecule has 2 heterocycles. The molecular weight excluding hydrogens is 446 g/mol. The molecule has 154 valence electrons. The van der Waals surface area contributed by atoms with Crippen LogP contribution >= 0.6 is 15.9 Å². The molecule has 1 unspecified atom stereocenters. The van der Waals surface area contributed by atoms with Gasteiger partial charge in [0.05, 0.1) is 23.9 Å². The number of rotatable bonds is 4. The molecular formula is C23H22BrN3O3. The van der Waals surface area contributed by atoms with Crippen LogP contribution in [0.1, 0.15) is 29.8 Å². The van der Waals surface area contributed by atoms with Crippen LogP contribution in [0.5, 0.6) is 5.75 Å². The molecule has 0 spiro atoms. The summed E-state index contributed by atoms with van der Waals surface area (Å²) in [6.45, 7) is 2.54. The van der Waals surface area contributed by atoms with Gasteiger partial charge >= 0.3 is 5.69 Å². The molecule has 0 radical (unpaired) electrons. The Kier molecular flexibility index (Phi) is 5.39. The molecule has 2 aromatic carbocycles. The van der Waals surface area contributed by atoms with E-state index in [1.54, 1.807) is 7.05 Å². The number of halogens is 1. The van der Waals surface area contributed by atoms with Gasteiger partial charge in [-0.15, -0.1) is 0 Å². The van der Waals surface area contributed by atoms with Crippen molar-refractivity contribution in [2.45, 2.75) is 13.0 Å². The zero-order chi connectivity index (χ0) is 21.4. The van der Waals surface area contributed by atoms with Crippen molar-refractivity contribution in [1.82, 2.24) is 9.13 Å². The number of benzene rings is 2. The number of ether oxygens (including phenoxy) is 1. The van der Waals surface area contributed by atoms with Crippen molar-refractivity contribution in [3.05, 3.63) is 96.9 Å². The number of aromatic nitrogens is 2. The molecule has 0 saturated carbocycles. The van der Waals surface area contributed by atoms with Gasteiger partial charge in [0.15, 0.2) is 0 Å². The first-order valence-corrected chi connectivity index (χ1v) is 10.5. The molecule has 0 saturated heterocycles. The maximum atomic E-state index is 13.2. The second kappa shape index (κ2) is 7.99. The van der Waals surface area contributed by atoms with Crippen molar-refractivity contribution >= 4 is 27.7 Å². The van der Waals surface area contributed by atoms with Crippen LogP contribution in [0.15, 0.2) is 68.8 Å². The van der Waals surface area contributed by atoms with Crippen LogP contribution in [-0.4, -0.2) is 15.7 Å². The maximum absolute atomic E-state index is 13.2. The van der Waals surface area contributed by atoms with Gasteiger partial charge in [-0.2, -0.15) is 0 Å². The molecule has 0 aliphatic carbocycles. The largest absolute Gasteiger partial charge is 0.494 e. The molecule has 1 aliphatic heterocycles. The van der Waals surface area contributed by atoms with E-state index < -0.39 is 0 Å². The fourth-order valence-corrected chi connectivity index (χ4v) is 4.26. The molecule has 7 heteroatoms. The summed E-state index contributed by atoms with van der Waals surface area (Å²) < 4.78 is 9.17. The van der Waals surface area contributed by atoms with Crippen LogP contribution in [-0.2, 0) is 14.1 Å². The minimum Gasteiger partial charge on any atom is -0.494 e. The van der Waals surface area contributed by atoms with Crippen molar-refractivity contribution < 1.29 is 4.74 Å². The highest BCUT2D eigenvalue weighted by molar-refractivity contribution is 9.10. The summed E-state index contributed by atoms with van der Waals surface area (Å²) in [6.07, 6.45) is 3.74. The van der Waals surface area contributed by atoms with E-state index in [9.17, 15) is 9.59 Å². The zero-order valence-electron chi connectivity index (χ0n) is 17.0. The maximum Gasteiger partial charge on any atom is 0.330 e. The van der Waals surface area contributed by atoms with Gasteiger partial charge in [0.25, 0.3) is 5.56 Å². The van der Waals surface area contributed by atoms with E-state index in [1.165, 1.54) is 16.2 Å². The summed E-state index contributed by atoms with van der Waals surface area (Å²) in [5.41, 5.74) is 2.41. The summed E-state index contributed by atoms with van der Waals surface area (Å²) in [4.78, 5) is 27.7. The van der Waals surface area contributed by atoms with E-state index in [0.717, 1.165) is 21.5 Å². The number of nitrogens with zero attached hydrogens (tertiary/aromatic N) is 3. The van der Waals surface area contributed by atoms with Crippen LogP contribution in [0.2, 0.25) is 0 Å². The number of anilines is 1. The SMILES string of the molecule is CCOc1ccc(N2C=Cc3c(c(=O)n(C)c(=O)n3C)C2c2cccc(Br)c2)cc1. The minimum absolute atomic E-state index is 0.293. The van der Waals surface area contributed by atoms with Gasteiger partial charge in [-0.3, -0.25) is 13.9 Å². The molecule has 0 amide bonds. The highest BCUT2D eigenvalue weighted by Gasteiger charge is 2.31. The predicted molar refractivity (Wildman–Crippen MR) is 122 cm³/mol. The third kappa shape index (κ3) is 3.39. The Hall–Kier alpha value is -3.06. The van der Waals surface area contributed by atoms with E-state index in [1.807, 2.05) is 72.6 Å². The van der Waals surface area contributed by atoms with E-state index in [-0.39, 0.29) is 17.3 Å². The quantitative estimate of drug-likeness (QED) is 0.584. The summed E-state index contributed by atoms with van der Waals surface area (Å²) in [5.74, 6) is 0.792. The lowest BCUT2D eigenvalue weighted by Gasteiger charge is -2.35. The molecule has 4 rings (SSSR count). The Morgan fingerprint density at radius 3 is 2.43 bits per heavy atom. The second-order valence-electron chi connectivity index (χ2n) is 7.11. The van der Waals surface area contributed by atoms with Crippen molar-refractivity contribution in [1.29, 1.82) is 0 Å². The Bertz CT molecular complexity index is 1240. The topological polar surface area (TPSA) is 56.5 Å². The van der Waals surface area contributed by atoms with Crippen molar-refractivity contribution in [2.75, 3.05) is 11.5 Å². The van der Waals surface area contributed by atoms with Gasteiger partial charge in [0, 0.05) is 30.5 Å². The molecule has 0 fully saturated rings. The molecule has 1 atom stereocenters. The van der Waals surface area contributed by atoms with Crippen LogP contribution in [0.25, 0.3) is 6.08 Å². The second-order valence-corrected chi connectivity index (χ2v) is 8.03. The smallest absolute Gasteiger partial charge is 0.330 e. The fraction of sp³-hybridized carbons (Fsp3) is 0.217. The van der Waals surface area contributed by atoms with E-state index in [2.05, 4.69) is 15.9 Å². The Morgan fingerprint density at radius 2 is 1.77 bits per heavy atom. The summed E-state index contributed by atoms with van der Waals surface area (Å²) in [7, 11) is 3.21. The highest BCUT2D eigenvalue weighted by Crippen LogP contribution is 2.38. The van der Waals surface area contributed by atoms with Crippen LogP contribution < -0.4 is 20.9 Å². The lowest BCUT2D eigenvalue weighted by Crippen LogP contribution is -2.44. The standard InChI is InChI=1S/C23H22BrN3O3/c1-4-30-18-10-8-17(9-11-18)27-13-12-19-20(22(28)26(3)23(29)25(19)2)21(27)15-6-5-7-16(24)14-15/h5-14,21H,4H2,1-3H3. The summed E-state index contributed by atoms with van der Waals surface area (Å²) in [6, 6.07) is 15.3. The van der Waals surface area contributed by atoms with Gasteiger partial charge in [0.1, 0.15) is 5.75 Å². The Balaban J connectivity index is 1.95.